The molecule has 0 saturated heterocycles. The number of anilines is 11. The van der Waals surface area contributed by atoms with E-state index >= 15 is 0 Å². The summed E-state index contributed by atoms with van der Waals surface area (Å²) >= 11 is 0. The first-order valence-corrected chi connectivity index (χ1v) is 29.0. The van der Waals surface area contributed by atoms with Crippen molar-refractivity contribution >= 4 is 73.3 Å². The van der Waals surface area contributed by atoms with Gasteiger partial charge in [0.15, 0.2) is 0 Å². The molecule has 0 N–H and O–H groups in total. The number of allylic oxidation sites excluding steroid dienone is 9. The van der Waals surface area contributed by atoms with Gasteiger partial charge in [-0.1, -0.05) is 244 Å². The molecule has 12 aromatic carbocycles. The smallest absolute Gasteiger partial charge is 0.0540 e. The van der Waals surface area contributed by atoms with E-state index in [2.05, 4.69) is 336 Å². The number of nitrogens with zero attached hydrogens (tertiary/aromatic N) is 4. The van der Waals surface area contributed by atoms with E-state index in [4.69, 9.17) is 0 Å². The van der Waals surface area contributed by atoms with Crippen LogP contribution in [-0.4, -0.2) is 0 Å². The maximum atomic E-state index is 4.46. The third kappa shape index (κ3) is 12.6. The quantitative estimate of drug-likeness (QED) is 0.0705. The Kier molecular flexibility index (Phi) is 17.1. The maximum Gasteiger partial charge on any atom is 0.0540 e. The molecule has 0 atom stereocenters. The van der Waals surface area contributed by atoms with Crippen LogP contribution in [0.5, 0.6) is 0 Å². The van der Waals surface area contributed by atoms with Crippen molar-refractivity contribution in [2.24, 2.45) is 0 Å². The van der Waals surface area contributed by atoms with Crippen LogP contribution in [-0.2, 0) is 0 Å². The number of fused-ring (bicyclic) bond motifs is 1. The molecule has 0 fully saturated rings. The van der Waals surface area contributed by atoms with E-state index in [0.717, 1.165) is 102 Å². The lowest BCUT2D eigenvalue weighted by Crippen LogP contribution is -2.14. The zero-order chi connectivity index (χ0) is 58.3. The minimum Gasteiger partial charge on any atom is -0.311 e. The van der Waals surface area contributed by atoms with Gasteiger partial charge >= 0.3 is 0 Å². The molecule has 0 amide bonds. The summed E-state index contributed by atoms with van der Waals surface area (Å²) in [6.45, 7) is 8.17. The molecular formula is C82H64N4. The lowest BCUT2D eigenvalue weighted by Gasteiger charge is -2.27. The van der Waals surface area contributed by atoms with Gasteiger partial charge in [-0.3, -0.25) is 0 Å². The van der Waals surface area contributed by atoms with Crippen molar-refractivity contribution in [3.8, 4) is 33.4 Å². The highest BCUT2D eigenvalue weighted by atomic mass is 15.2. The van der Waals surface area contributed by atoms with Gasteiger partial charge in [-0.15, -0.1) is 0 Å². The van der Waals surface area contributed by atoms with Gasteiger partial charge in [0.25, 0.3) is 0 Å². The Labute approximate surface area is 506 Å². The highest BCUT2D eigenvalue weighted by Gasteiger charge is 2.19. The van der Waals surface area contributed by atoms with Crippen LogP contribution in [0.3, 0.4) is 0 Å². The van der Waals surface area contributed by atoms with Gasteiger partial charge in [0.2, 0.25) is 0 Å². The molecule has 0 aromatic heterocycles. The summed E-state index contributed by atoms with van der Waals surface area (Å²) in [6, 6.07) is 110. The lowest BCUT2D eigenvalue weighted by atomic mass is 10.0. The summed E-state index contributed by atoms with van der Waals surface area (Å²) in [5.41, 5.74) is 19.6. The van der Waals surface area contributed by atoms with E-state index in [0.29, 0.717) is 0 Å². The van der Waals surface area contributed by atoms with Crippen molar-refractivity contribution in [2.75, 3.05) is 19.6 Å². The Bertz CT molecular complexity index is 4300. The molecule has 0 radical (unpaired) electrons. The SMILES string of the molecule is C=C\C=C/C=C\C=C/C=C\C(=C)N(c1ccccc1)c1ccc(-c2ccc(N(c3ccccc3)c3ccc(-c4ccc(N(c5ccccc5)c5ccc(-c6ccc(N(c7ccccc7)c7cccc8ccccc78)cc6)cc5)cc4)cc3)cc2)cc1. The Morgan fingerprint density at radius 3 is 0.919 bits per heavy atom. The third-order valence-electron chi connectivity index (χ3n) is 15.2. The molecule has 0 heterocycles. The molecule has 4 nitrogen and oxygen atoms in total. The molecule has 0 bridgehead atoms. The van der Waals surface area contributed by atoms with Gasteiger partial charge in [-0.2, -0.15) is 0 Å². The normalized spacial score (nSPS) is 11.4. The van der Waals surface area contributed by atoms with Crippen molar-refractivity contribution in [1.82, 2.24) is 0 Å². The first-order valence-electron chi connectivity index (χ1n) is 29.0. The first kappa shape index (κ1) is 55.1. The van der Waals surface area contributed by atoms with E-state index in [1.165, 1.54) is 10.8 Å². The maximum absolute atomic E-state index is 4.46. The Balaban J connectivity index is 0.756. The average molecular weight is 1110 g/mol. The van der Waals surface area contributed by atoms with Crippen LogP contribution < -0.4 is 19.6 Å². The first-order chi connectivity index (χ1) is 42.6. The second-order valence-corrected chi connectivity index (χ2v) is 20.7. The van der Waals surface area contributed by atoms with Gasteiger partial charge in [0.1, 0.15) is 0 Å². The Hall–Kier alpha value is -11.5. The molecule has 0 saturated carbocycles. The number of hydrogen-bond acceptors (Lipinski definition) is 4. The van der Waals surface area contributed by atoms with Crippen molar-refractivity contribution in [3.63, 3.8) is 0 Å². The molecule has 0 aliphatic heterocycles. The Morgan fingerprint density at radius 1 is 0.244 bits per heavy atom. The third-order valence-corrected chi connectivity index (χ3v) is 15.2. The van der Waals surface area contributed by atoms with Crippen LogP contribution in [0.2, 0.25) is 0 Å². The van der Waals surface area contributed by atoms with E-state index in [-0.39, 0.29) is 0 Å². The molecule has 86 heavy (non-hydrogen) atoms. The van der Waals surface area contributed by atoms with Gasteiger partial charge < -0.3 is 19.6 Å². The number of benzene rings is 12. The fourth-order valence-electron chi connectivity index (χ4n) is 11.0. The molecule has 12 rings (SSSR count). The van der Waals surface area contributed by atoms with Crippen LogP contribution in [0.15, 0.2) is 383 Å². The van der Waals surface area contributed by atoms with Crippen molar-refractivity contribution in [3.05, 3.63) is 383 Å². The second-order valence-electron chi connectivity index (χ2n) is 20.7. The standard InChI is InChI=1S/C82H64N4/c1-3-4-5-6-7-8-9-14-26-63(2)83(71-29-15-10-16-30-71)75-51-39-64(40-52-75)65-41-53-76(54-42-65)84(72-31-17-11-18-32-72)77-55-43-66(44-56-77)67-45-57-78(58-46-67)85(73-33-19-12-20-34-73)79-59-47-68(48-60-79)69-49-61-80(62-50-69)86(74-35-21-13-22-36-74)82-38-25-28-70-27-23-24-37-81(70)82/h3-62H,1-2H2/b5-4-,7-6-,9-8-,26-14-. The summed E-state index contributed by atoms with van der Waals surface area (Å²) in [4.78, 5) is 9.15. The van der Waals surface area contributed by atoms with Gasteiger partial charge in [-0.25, -0.2) is 0 Å². The molecule has 412 valence electrons. The van der Waals surface area contributed by atoms with E-state index in [1.54, 1.807) is 6.08 Å². The summed E-state index contributed by atoms with van der Waals surface area (Å²) < 4.78 is 0. The molecule has 0 spiro atoms. The van der Waals surface area contributed by atoms with Crippen LogP contribution in [0.25, 0.3) is 44.2 Å². The summed E-state index contributed by atoms with van der Waals surface area (Å²) in [6.07, 6.45) is 17.6. The van der Waals surface area contributed by atoms with Crippen molar-refractivity contribution in [2.45, 2.75) is 0 Å². The molecule has 0 aliphatic carbocycles. The molecule has 4 heteroatoms. The lowest BCUT2D eigenvalue weighted by molar-refractivity contribution is 1.22. The zero-order valence-electron chi connectivity index (χ0n) is 47.8. The molecule has 12 aromatic rings. The second kappa shape index (κ2) is 26.6. The number of para-hydroxylation sites is 4. The highest BCUT2D eigenvalue weighted by Crippen LogP contribution is 2.42. The number of hydrogen-bond donors (Lipinski definition) is 0. The van der Waals surface area contributed by atoms with Crippen molar-refractivity contribution in [1.29, 1.82) is 0 Å². The van der Waals surface area contributed by atoms with E-state index < -0.39 is 0 Å². The minimum atomic E-state index is 0.855. The molecule has 0 unspecified atom stereocenters. The van der Waals surface area contributed by atoms with Crippen LogP contribution >= 0.6 is 0 Å². The largest absolute Gasteiger partial charge is 0.311 e. The van der Waals surface area contributed by atoms with Crippen LogP contribution in [0.4, 0.5) is 62.6 Å². The van der Waals surface area contributed by atoms with E-state index in [9.17, 15) is 0 Å². The highest BCUT2D eigenvalue weighted by molar-refractivity contribution is 5.99. The van der Waals surface area contributed by atoms with E-state index in [1.807, 2.05) is 54.7 Å². The monoisotopic (exact) mass is 1100 g/mol. The van der Waals surface area contributed by atoms with Crippen molar-refractivity contribution < 1.29 is 0 Å². The zero-order valence-corrected chi connectivity index (χ0v) is 47.8. The average Bonchev–Trinajstić information content (AvgIpc) is 2.30. The Morgan fingerprint density at radius 2 is 0.523 bits per heavy atom. The van der Waals surface area contributed by atoms with Crippen LogP contribution in [0, 0.1) is 0 Å². The van der Waals surface area contributed by atoms with Gasteiger partial charge in [-0.05, 0) is 172 Å². The predicted octanol–water partition coefficient (Wildman–Crippen LogP) is 23.3. The van der Waals surface area contributed by atoms with Crippen LogP contribution in [0.1, 0.15) is 0 Å². The fourth-order valence-corrected chi connectivity index (χ4v) is 11.0. The molecule has 0 aliphatic rings. The predicted molar refractivity (Wildman–Crippen MR) is 369 cm³/mol. The molecular weight excluding hydrogens is 1040 g/mol. The topological polar surface area (TPSA) is 13.0 Å². The summed E-state index contributed by atoms with van der Waals surface area (Å²) in [5, 5.41) is 2.42. The fraction of sp³-hybridized carbons (Fsp3) is 0. The summed E-state index contributed by atoms with van der Waals surface area (Å²) in [7, 11) is 0. The number of rotatable bonds is 20. The van der Waals surface area contributed by atoms with Gasteiger partial charge in [0.05, 0.1) is 5.69 Å². The van der Waals surface area contributed by atoms with Gasteiger partial charge in [0, 0.05) is 68.0 Å². The minimum absolute atomic E-state index is 0.855. The summed E-state index contributed by atoms with van der Waals surface area (Å²) in [5.74, 6) is 0.